The van der Waals surface area contributed by atoms with Gasteiger partial charge in [-0.25, -0.2) is 4.39 Å². The summed E-state index contributed by atoms with van der Waals surface area (Å²) in [5.74, 6) is -1.36. The van der Waals surface area contributed by atoms with Crippen molar-refractivity contribution in [2.24, 2.45) is 0 Å². The van der Waals surface area contributed by atoms with E-state index in [-0.39, 0.29) is 22.0 Å². The summed E-state index contributed by atoms with van der Waals surface area (Å²) < 4.78 is 12.8. The molecule has 7 heteroatoms. The first-order valence-electron chi connectivity index (χ1n) is 5.63. The Morgan fingerprint density at radius 3 is 2.55 bits per heavy atom. The summed E-state index contributed by atoms with van der Waals surface area (Å²) in [5.41, 5.74) is 0.637. The van der Waals surface area contributed by atoms with Gasteiger partial charge in [0.15, 0.2) is 0 Å². The van der Waals surface area contributed by atoms with Gasteiger partial charge in [-0.3, -0.25) is 14.7 Å². The molecule has 5 nitrogen and oxygen atoms in total. The number of aromatic nitrogens is 2. The standard InChI is InChI=1S/C13H7ClFN3O2/c14-9-11(17-7-3-1-6(15)2-4-7)12(19)8-5-16-18-10(8)13(9)20/h1-5,17H,(H,16,18). The van der Waals surface area contributed by atoms with Crippen LogP contribution in [0.15, 0.2) is 41.2 Å². The normalized spacial score (nSPS) is 14.5. The maximum absolute atomic E-state index is 12.8. The smallest absolute Gasteiger partial charge is 0.225 e. The number of Topliss-reactive ketones (excluding diaryl/α,β-unsaturated/α-hetero) is 2. The Balaban J connectivity index is 2.00. The fourth-order valence-corrected chi connectivity index (χ4v) is 2.11. The number of anilines is 1. The van der Waals surface area contributed by atoms with Crippen LogP contribution in [0.5, 0.6) is 0 Å². The minimum Gasteiger partial charge on any atom is -0.351 e. The van der Waals surface area contributed by atoms with Crippen LogP contribution in [-0.4, -0.2) is 21.8 Å². The van der Waals surface area contributed by atoms with E-state index in [2.05, 4.69) is 15.5 Å². The largest absolute Gasteiger partial charge is 0.351 e. The van der Waals surface area contributed by atoms with Crippen LogP contribution in [-0.2, 0) is 0 Å². The van der Waals surface area contributed by atoms with E-state index in [0.717, 1.165) is 0 Å². The molecule has 20 heavy (non-hydrogen) atoms. The van der Waals surface area contributed by atoms with E-state index in [1.807, 2.05) is 0 Å². The van der Waals surface area contributed by atoms with Crippen molar-refractivity contribution in [3.05, 3.63) is 58.3 Å². The van der Waals surface area contributed by atoms with Crippen molar-refractivity contribution in [2.45, 2.75) is 0 Å². The molecule has 0 unspecified atom stereocenters. The number of rotatable bonds is 2. The fraction of sp³-hybridized carbons (Fsp3) is 0. The number of allylic oxidation sites excluding steroid dienone is 2. The number of benzene rings is 1. The van der Waals surface area contributed by atoms with Crippen molar-refractivity contribution >= 4 is 28.9 Å². The van der Waals surface area contributed by atoms with Gasteiger partial charge in [0.2, 0.25) is 11.6 Å². The van der Waals surface area contributed by atoms with Gasteiger partial charge in [0.1, 0.15) is 22.2 Å². The predicted molar refractivity (Wildman–Crippen MR) is 70.2 cm³/mol. The average molecular weight is 292 g/mol. The second-order valence-electron chi connectivity index (χ2n) is 4.14. The molecule has 0 fully saturated rings. The van der Waals surface area contributed by atoms with E-state index >= 15 is 0 Å². The molecule has 2 aromatic rings. The molecular formula is C13H7ClFN3O2. The van der Waals surface area contributed by atoms with Crippen LogP contribution in [0.25, 0.3) is 0 Å². The topological polar surface area (TPSA) is 74.8 Å². The van der Waals surface area contributed by atoms with Crippen molar-refractivity contribution in [2.75, 3.05) is 5.32 Å². The number of aromatic amines is 1. The molecule has 0 bridgehead atoms. The zero-order valence-electron chi connectivity index (χ0n) is 9.91. The molecule has 1 aliphatic carbocycles. The monoisotopic (exact) mass is 291 g/mol. The molecule has 1 aromatic carbocycles. The highest BCUT2D eigenvalue weighted by Crippen LogP contribution is 2.28. The molecular weight excluding hydrogens is 285 g/mol. The number of nitrogens with one attached hydrogen (secondary N) is 2. The van der Waals surface area contributed by atoms with Gasteiger partial charge in [0.25, 0.3) is 0 Å². The third-order valence-corrected chi connectivity index (χ3v) is 3.23. The minimum atomic E-state index is -0.511. The van der Waals surface area contributed by atoms with Gasteiger partial charge in [-0.15, -0.1) is 0 Å². The number of carbonyl (C=O) groups excluding carboxylic acids is 2. The van der Waals surface area contributed by atoms with E-state index in [4.69, 9.17) is 11.6 Å². The second kappa shape index (κ2) is 4.57. The Hall–Kier alpha value is -2.47. The van der Waals surface area contributed by atoms with Crippen molar-refractivity contribution in [3.8, 4) is 0 Å². The molecule has 0 aliphatic heterocycles. The molecule has 0 amide bonds. The van der Waals surface area contributed by atoms with E-state index in [0.29, 0.717) is 5.69 Å². The van der Waals surface area contributed by atoms with E-state index in [9.17, 15) is 14.0 Å². The number of halogens is 2. The van der Waals surface area contributed by atoms with Crippen LogP contribution in [0.3, 0.4) is 0 Å². The first kappa shape index (κ1) is 12.6. The van der Waals surface area contributed by atoms with Gasteiger partial charge < -0.3 is 5.32 Å². The lowest BCUT2D eigenvalue weighted by Crippen LogP contribution is -2.23. The predicted octanol–water partition coefficient (Wildman–Crippen LogP) is 2.49. The first-order valence-corrected chi connectivity index (χ1v) is 6.01. The van der Waals surface area contributed by atoms with Crippen LogP contribution < -0.4 is 5.32 Å². The van der Waals surface area contributed by atoms with Gasteiger partial charge in [0, 0.05) is 5.69 Å². The molecule has 100 valence electrons. The quantitative estimate of drug-likeness (QED) is 0.891. The SMILES string of the molecule is O=C1C(Nc2ccc(F)cc2)=C(Cl)C(=O)c2[nH]ncc21. The molecule has 1 aliphatic rings. The summed E-state index contributed by atoms with van der Waals surface area (Å²) in [5, 5.41) is 8.62. The summed E-state index contributed by atoms with van der Waals surface area (Å²) in [6.45, 7) is 0. The zero-order valence-corrected chi connectivity index (χ0v) is 10.7. The number of hydrogen-bond acceptors (Lipinski definition) is 4. The molecule has 0 spiro atoms. The zero-order chi connectivity index (χ0) is 14.3. The average Bonchev–Trinajstić information content (AvgIpc) is 2.93. The Morgan fingerprint density at radius 1 is 1.15 bits per heavy atom. The lowest BCUT2D eigenvalue weighted by Gasteiger charge is -2.15. The summed E-state index contributed by atoms with van der Waals surface area (Å²) in [4.78, 5) is 24.2. The summed E-state index contributed by atoms with van der Waals surface area (Å²) in [7, 11) is 0. The number of ketones is 2. The molecule has 0 radical (unpaired) electrons. The Bertz CT molecular complexity index is 749. The summed E-state index contributed by atoms with van der Waals surface area (Å²) in [6, 6.07) is 5.34. The van der Waals surface area contributed by atoms with Crippen LogP contribution in [0, 0.1) is 5.82 Å². The second-order valence-corrected chi connectivity index (χ2v) is 4.52. The molecule has 0 saturated carbocycles. The molecule has 0 saturated heterocycles. The van der Waals surface area contributed by atoms with Crippen molar-refractivity contribution < 1.29 is 14.0 Å². The maximum Gasteiger partial charge on any atom is 0.225 e. The third kappa shape index (κ3) is 1.90. The number of fused-ring (bicyclic) bond motifs is 1. The summed E-state index contributed by atoms with van der Waals surface area (Å²) in [6.07, 6.45) is 1.27. The number of H-pyrrole nitrogens is 1. The lowest BCUT2D eigenvalue weighted by molar-refractivity contribution is 0.0979. The fourth-order valence-electron chi connectivity index (χ4n) is 1.88. The lowest BCUT2D eigenvalue weighted by atomic mass is 9.99. The molecule has 3 rings (SSSR count). The Morgan fingerprint density at radius 2 is 1.85 bits per heavy atom. The minimum absolute atomic E-state index is 0.0443. The van der Waals surface area contributed by atoms with Gasteiger partial charge >= 0.3 is 0 Å². The van der Waals surface area contributed by atoms with Gasteiger partial charge in [-0.1, -0.05) is 11.6 Å². The van der Waals surface area contributed by atoms with E-state index < -0.39 is 17.4 Å². The van der Waals surface area contributed by atoms with Crippen molar-refractivity contribution in [1.82, 2.24) is 10.2 Å². The number of carbonyl (C=O) groups is 2. The molecule has 1 aromatic heterocycles. The molecule has 2 N–H and O–H groups in total. The highest BCUT2D eigenvalue weighted by atomic mass is 35.5. The molecule has 1 heterocycles. The van der Waals surface area contributed by atoms with Gasteiger partial charge in [-0.05, 0) is 24.3 Å². The third-order valence-electron chi connectivity index (χ3n) is 2.87. The van der Waals surface area contributed by atoms with Crippen molar-refractivity contribution in [3.63, 3.8) is 0 Å². The Kier molecular flexibility index (Phi) is 2.87. The number of hydrogen-bond donors (Lipinski definition) is 2. The van der Waals surface area contributed by atoms with Crippen LogP contribution in [0.2, 0.25) is 0 Å². The van der Waals surface area contributed by atoms with Gasteiger partial charge in [0.05, 0.1) is 11.8 Å². The summed E-state index contributed by atoms with van der Waals surface area (Å²) >= 11 is 5.92. The van der Waals surface area contributed by atoms with Crippen LogP contribution >= 0.6 is 11.6 Å². The van der Waals surface area contributed by atoms with Crippen molar-refractivity contribution in [1.29, 1.82) is 0 Å². The highest BCUT2D eigenvalue weighted by Gasteiger charge is 2.33. The van der Waals surface area contributed by atoms with E-state index in [1.165, 1.54) is 30.5 Å². The van der Waals surface area contributed by atoms with Crippen LogP contribution in [0.4, 0.5) is 10.1 Å². The molecule has 0 atom stereocenters. The highest BCUT2D eigenvalue weighted by molar-refractivity contribution is 6.50. The number of nitrogens with zero attached hydrogens (tertiary/aromatic N) is 1. The van der Waals surface area contributed by atoms with Gasteiger partial charge in [-0.2, -0.15) is 5.10 Å². The first-order chi connectivity index (χ1) is 9.58. The Labute approximate surface area is 117 Å². The van der Waals surface area contributed by atoms with Crippen LogP contribution in [0.1, 0.15) is 20.8 Å². The maximum atomic E-state index is 12.8. The van der Waals surface area contributed by atoms with E-state index in [1.54, 1.807) is 0 Å².